The molecular weight excluding hydrogens is 304 g/mol. The van der Waals surface area contributed by atoms with Crippen molar-refractivity contribution < 1.29 is 13.5 Å². The average Bonchev–Trinajstić information content (AvgIpc) is 2.91. The Morgan fingerprint density at radius 3 is 2.77 bits per heavy atom. The number of aliphatic hydroxyl groups is 1. The van der Waals surface area contributed by atoms with Crippen LogP contribution in [-0.2, 0) is 23.0 Å². The Labute approximate surface area is 132 Å². The van der Waals surface area contributed by atoms with E-state index in [0.29, 0.717) is 25.9 Å². The minimum atomic E-state index is -3.12. The molecule has 2 N–H and O–H groups in total. The molecule has 1 aromatic heterocycles. The largest absolute Gasteiger partial charge is 0.389 e. The molecule has 1 fully saturated rings. The molecule has 0 unspecified atom stereocenters. The molecule has 7 nitrogen and oxygen atoms in total. The van der Waals surface area contributed by atoms with Crippen LogP contribution in [0.1, 0.15) is 51.1 Å². The number of aryl methyl sites for hydroxylation is 1. The van der Waals surface area contributed by atoms with Gasteiger partial charge in [-0.05, 0) is 26.2 Å². The highest BCUT2D eigenvalue weighted by Gasteiger charge is 2.30. The second-order valence-electron chi connectivity index (χ2n) is 6.09. The van der Waals surface area contributed by atoms with Crippen LogP contribution >= 0.6 is 0 Å². The van der Waals surface area contributed by atoms with Crippen LogP contribution in [0.25, 0.3) is 0 Å². The van der Waals surface area contributed by atoms with Gasteiger partial charge in [-0.3, -0.25) is 4.68 Å². The standard InChI is InChI=1S/C14H26N4O3S/c1-2-22(20,21)15-9-6-10-18-12-13(16-17-18)11-14(19)7-4-3-5-8-14/h12,15,19H,2-11H2,1H3. The van der Waals surface area contributed by atoms with E-state index in [1.54, 1.807) is 11.6 Å². The summed E-state index contributed by atoms with van der Waals surface area (Å²) >= 11 is 0. The van der Waals surface area contributed by atoms with Crippen molar-refractivity contribution in [3.8, 4) is 0 Å². The van der Waals surface area contributed by atoms with Gasteiger partial charge in [0.05, 0.1) is 17.0 Å². The molecule has 0 saturated heterocycles. The molecule has 0 spiro atoms. The van der Waals surface area contributed by atoms with Gasteiger partial charge in [-0.15, -0.1) is 5.10 Å². The Balaban J connectivity index is 1.77. The maximum absolute atomic E-state index is 11.3. The fraction of sp³-hybridized carbons (Fsp3) is 0.857. The number of hydrogen-bond donors (Lipinski definition) is 2. The van der Waals surface area contributed by atoms with Crippen molar-refractivity contribution in [2.45, 2.75) is 64.0 Å². The second-order valence-corrected chi connectivity index (χ2v) is 8.18. The Bertz CT molecular complexity index is 564. The molecule has 1 aliphatic rings. The Kier molecular flexibility index (Phi) is 5.94. The van der Waals surface area contributed by atoms with Crippen LogP contribution in [-0.4, -0.2) is 46.4 Å². The van der Waals surface area contributed by atoms with E-state index in [9.17, 15) is 13.5 Å². The number of sulfonamides is 1. The van der Waals surface area contributed by atoms with Gasteiger partial charge in [-0.25, -0.2) is 13.1 Å². The summed E-state index contributed by atoms with van der Waals surface area (Å²) in [6, 6.07) is 0. The summed E-state index contributed by atoms with van der Waals surface area (Å²) in [7, 11) is -3.12. The molecule has 1 saturated carbocycles. The van der Waals surface area contributed by atoms with Crippen LogP contribution in [0.3, 0.4) is 0 Å². The minimum absolute atomic E-state index is 0.0963. The van der Waals surface area contributed by atoms with E-state index >= 15 is 0 Å². The van der Waals surface area contributed by atoms with Gasteiger partial charge in [-0.2, -0.15) is 0 Å². The Morgan fingerprint density at radius 1 is 1.36 bits per heavy atom. The molecule has 0 radical (unpaired) electrons. The van der Waals surface area contributed by atoms with Gasteiger partial charge in [0.2, 0.25) is 10.0 Å². The molecule has 22 heavy (non-hydrogen) atoms. The predicted molar refractivity (Wildman–Crippen MR) is 83.8 cm³/mol. The highest BCUT2D eigenvalue weighted by Crippen LogP contribution is 2.30. The van der Waals surface area contributed by atoms with E-state index < -0.39 is 15.6 Å². The lowest BCUT2D eigenvalue weighted by atomic mass is 9.82. The first-order chi connectivity index (χ1) is 10.4. The minimum Gasteiger partial charge on any atom is -0.389 e. The Morgan fingerprint density at radius 2 is 2.09 bits per heavy atom. The zero-order valence-corrected chi connectivity index (χ0v) is 14.0. The number of aromatic nitrogens is 3. The molecule has 126 valence electrons. The molecular formula is C14H26N4O3S. The van der Waals surface area contributed by atoms with Crippen molar-refractivity contribution in [2.75, 3.05) is 12.3 Å². The number of hydrogen-bond acceptors (Lipinski definition) is 5. The molecule has 1 heterocycles. The van der Waals surface area contributed by atoms with Crippen molar-refractivity contribution in [3.05, 3.63) is 11.9 Å². The molecule has 0 aromatic carbocycles. The topological polar surface area (TPSA) is 97.1 Å². The fourth-order valence-corrected chi connectivity index (χ4v) is 3.48. The third-order valence-corrected chi connectivity index (χ3v) is 5.55. The van der Waals surface area contributed by atoms with Crippen molar-refractivity contribution in [1.82, 2.24) is 19.7 Å². The lowest BCUT2D eigenvalue weighted by molar-refractivity contribution is 0.00364. The lowest BCUT2D eigenvalue weighted by Crippen LogP contribution is -2.33. The van der Waals surface area contributed by atoms with Crippen molar-refractivity contribution >= 4 is 10.0 Å². The van der Waals surface area contributed by atoms with Crippen LogP contribution in [0.4, 0.5) is 0 Å². The molecule has 0 atom stereocenters. The molecule has 0 amide bonds. The van der Waals surface area contributed by atoms with E-state index in [4.69, 9.17) is 0 Å². The van der Waals surface area contributed by atoms with Gasteiger partial charge in [0, 0.05) is 25.7 Å². The molecule has 0 bridgehead atoms. The van der Waals surface area contributed by atoms with Gasteiger partial charge < -0.3 is 5.11 Å². The summed E-state index contributed by atoms with van der Waals surface area (Å²) in [5, 5.41) is 18.7. The summed E-state index contributed by atoms with van der Waals surface area (Å²) in [6.07, 6.45) is 8.06. The molecule has 2 rings (SSSR count). The highest BCUT2D eigenvalue weighted by molar-refractivity contribution is 7.89. The third-order valence-electron chi connectivity index (χ3n) is 4.15. The average molecular weight is 330 g/mol. The van der Waals surface area contributed by atoms with Gasteiger partial charge >= 0.3 is 0 Å². The third kappa shape index (κ3) is 5.33. The van der Waals surface area contributed by atoms with E-state index in [1.165, 1.54) is 6.42 Å². The first-order valence-electron chi connectivity index (χ1n) is 8.01. The molecule has 8 heteroatoms. The summed E-state index contributed by atoms with van der Waals surface area (Å²) in [5.74, 6) is 0.0963. The van der Waals surface area contributed by atoms with E-state index in [1.807, 2.05) is 6.20 Å². The maximum Gasteiger partial charge on any atom is 0.211 e. The van der Waals surface area contributed by atoms with Crippen LogP contribution in [0.2, 0.25) is 0 Å². The first-order valence-corrected chi connectivity index (χ1v) is 9.66. The molecule has 1 aliphatic carbocycles. The quantitative estimate of drug-likeness (QED) is 0.689. The van der Waals surface area contributed by atoms with Crippen molar-refractivity contribution in [3.63, 3.8) is 0 Å². The number of nitrogens with one attached hydrogen (secondary N) is 1. The zero-order valence-electron chi connectivity index (χ0n) is 13.2. The zero-order chi connectivity index (χ0) is 16.1. The predicted octanol–water partition coefficient (Wildman–Crippen LogP) is 0.845. The van der Waals surface area contributed by atoms with Crippen molar-refractivity contribution in [2.24, 2.45) is 0 Å². The van der Waals surface area contributed by atoms with Crippen LogP contribution in [0, 0.1) is 0 Å². The monoisotopic (exact) mass is 330 g/mol. The van der Waals surface area contributed by atoms with E-state index in [-0.39, 0.29) is 5.75 Å². The summed E-state index contributed by atoms with van der Waals surface area (Å²) in [5.41, 5.74) is 0.175. The summed E-state index contributed by atoms with van der Waals surface area (Å²) in [4.78, 5) is 0. The SMILES string of the molecule is CCS(=O)(=O)NCCCn1cc(CC2(O)CCCCC2)nn1. The lowest BCUT2D eigenvalue weighted by Gasteiger charge is -2.31. The second kappa shape index (κ2) is 7.52. The maximum atomic E-state index is 11.3. The fourth-order valence-electron chi connectivity index (χ4n) is 2.82. The summed E-state index contributed by atoms with van der Waals surface area (Å²) in [6.45, 7) is 2.62. The highest BCUT2D eigenvalue weighted by atomic mass is 32.2. The number of rotatable bonds is 8. The van der Waals surface area contributed by atoms with Crippen LogP contribution in [0.15, 0.2) is 6.20 Å². The van der Waals surface area contributed by atoms with Gasteiger partial charge in [0.1, 0.15) is 0 Å². The van der Waals surface area contributed by atoms with Crippen LogP contribution < -0.4 is 4.72 Å². The molecule has 0 aliphatic heterocycles. The van der Waals surface area contributed by atoms with E-state index in [0.717, 1.165) is 31.4 Å². The van der Waals surface area contributed by atoms with Gasteiger partial charge in [0.15, 0.2) is 0 Å². The van der Waals surface area contributed by atoms with Gasteiger partial charge in [-0.1, -0.05) is 24.5 Å². The number of nitrogens with zero attached hydrogens (tertiary/aromatic N) is 3. The van der Waals surface area contributed by atoms with E-state index in [2.05, 4.69) is 15.0 Å². The molecule has 1 aromatic rings. The Hall–Kier alpha value is -0.990. The first kappa shape index (κ1) is 17.4. The normalized spacial score (nSPS) is 18.5. The summed E-state index contributed by atoms with van der Waals surface area (Å²) < 4.78 is 26.8. The van der Waals surface area contributed by atoms with Crippen LogP contribution in [0.5, 0.6) is 0 Å². The smallest absolute Gasteiger partial charge is 0.211 e. The van der Waals surface area contributed by atoms with Crippen molar-refractivity contribution in [1.29, 1.82) is 0 Å². The van der Waals surface area contributed by atoms with Gasteiger partial charge in [0.25, 0.3) is 0 Å².